The Balaban J connectivity index is 2.15. The molecule has 0 aromatic carbocycles. The van der Waals surface area contributed by atoms with Crippen molar-refractivity contribution < 1.29 is 0 Å². The van der Waals surface area contributed by atoms with Gasteiger partial charge in [-0.1, -0.05) is 11.6 Å². The zero-order valence-corrected chi connectivity index (χ0v) is 10.8. The molecule has 3 heteroatoms. The third-order valence-electron chi connectivity index (χ3n) is 2.91. The first kappa shape index (κ1) is 13.6. The number of hydrogen-bond donors (Lipinski definition) is 2. The van der Waals surface area contributed by atoms with Gasteiger partial charge in [0.15, 0.2) is 5.96 Å². The molecule has 1 rings (SSSR count). The SMILES string of the molecule is C#CCCNC(=NC)NCCC1=CCCCC1. The average molecular weight is 233 g/mol. The van der Waals surface area contributed by atoms with Crippen LogP contribution >= 0.6 is 0 Å². The van der Waals surface area contributed by atoms with Crippen molar-refractivity contribution >= 4 is 5.96 Å². The summed E-state index contributed by atoms with van der Waals surface area (Å²) in [4.78, 5) is 4.15. The molecule has 17 heavy (non-hydrogen) atoms. The number of nitrogens with zero attached hydrogens (tertiary/aromatic N) is 1. The number of hydrogen-bond acceptors (Lipinski definition) is 1. The fourth-order valence-corrected chi connectivity index (χ4v) is 1.95. The molecule has 0 radical (unpaired) electrons. The van der Waals surface area contributed by atoms with Crippen molar-refractivity contribution in [2.24, 2.45) is 4.99 Å². The van der Waals surface area contributed by atoms with Gasteiger partial charge in [-0.2, -0.15) is 0 Å². The summed E-state index contributed by atoms with van der Waals surface area (Å²) in [7, 11) is 1.78. The molecule has 0 aliphatic heterocycles. The quantitative estimate of drug-likeness (QED) is 0.251. The molecule has 1 aliphatic rings. The molecule has 1 aliphatic carbocycles. The predicted octanol–water partition coefficient (Wildman–Crippen LogP) is 2.07. The largest absolute Gasteiger partial charge is 0.356 e. The van der Waals surface area contributed by atoms with Crippen molar-refractivity contribution in [2.45, 2.75) is 38.5 Å². The Morgan fingerprint density at radius 3 is 2.88 bits per heavy atom. The van der Waals surface area contributed by atoms with Crippen molar-refractivity contribution in [3.05, 3.63) is 11.6 Å². The summed E-state index contributed by atoms with van der Waals surface area (Å²) in [5.41, 5.74) is 1.59. The van der Waals surface area contributed by atoms with Crippen LogP contribution in [0.25, 0.3) is 0 Å². The van der Waals surface area contributed by atoms with Gasteiger partial charge >= 0.3 is 0 Å². The number of aliphatic imine (C=N–C) groups is 1. The predicted molar refractivity (Wildman–Crippen MR) is 74.0 cm³/mol. The second-order valence-corrected chi connectivity index (χ2v) is 4.24. The normalized spacial score (nSPS) is 16.0. The molecule has 0 spiro atoms. The molecule has 0 fully saturated rings. The monoisotopic (exact) mass is 233 g/mol. The molecule has 0 bridgehead atoms. The van der Waals surface area contributed by atoms with Gasteiger partial charge in [-0.25, -0.2) is 0 Å². The number of terminal acetylenes is 1. The Bertz CT molecular complexity index is 310. The highest BCUT2D eigenvalue weighted by Crippen LogP contribution is 2.19. The molecule has 0 aromatic rings. The average Bonchev–Trinajstić information content (AvgIpc) is 2.38. The van der Waals surface area contributed by atoms with Crippen molar-refractivity contribution in [3.8, 4) is 12.3 Å². The van der Waals surface area contributed by atoms with Crippen molar-refractivity contribution in [2.75, 3.05) is 20.1 Å². The summed E-state index contributed by atoms with van der Waals surface area (Å²) in [6.45, 7) is 1.72. The fourth-order valence-electron chi connectivity index (χ4n) is 1.95. The minimum absolute atomic E-state index is 0.728. The topological polar surface area (TPSA) is 36.4 Å². The molecule has 0 atom stereocenters. The molecular weight excluding hydrogens is 210 g/mol. The molecule has 0 amide bonds. The Labute approximate surface area is 105 Å². The maximum absolute atomic E-state index is 5.20. The minimum Gasteiger partial charge on any atom is -0.356 e. The second kappa shape index (κ2) is 8.69. The summed E-state index contributed by atoms with van der Waals surface area (Å²) in [5.74, 6) is 3.44. The second-order valence-electron chi connectivity index (χ2n) is 4.24. The number of nitrogens with one attached hydrogen (secondary N) is 2. The van der Waals surface area contributed by atoms with E-state index in [4.69, 9.17) is 6.42 Å². The van der Waals surface area contributed by atoms with Crippen molar-refractivity contribution in [3.63, 3.8) is 0 Å². The van der Waals surface area contributed by atoms with E-state index < -0.39 is 0 Å². The highest BCUT2D eigenvalue weighted by Gasteiger charge is 2.03. The molecule has 94 valence electrons. The van der Waals surface area contributed by atoms with E-state index in [1.807, 2.05) is 0 Å². The Hall–Kier alpha value is -1.43. The van der Waals surface area contributed by atoms with E-state index in [0.29, 0.717) is 0 Å². The summed E-state index contributed by atoms with van der Waals surface area (Å²) in [6, 6.07) is 0. The van der Waals surface area contributed by atoms with Crippen LogP contribution in [0.1, 0.15) is 38.5 Å². The Kier molecular flexibility index (Phi) is 6.97. The van der Waals surface area contributed by atoms with Crippen LogP contribution in [-0.2, 0) is 0 Å². The maximum atomic E-state index is 5.20. The summed E-state index contributed by atoms with van der Waals surface area (Å²) in [6.07, 6.45) is 14.7. The number of rotatable bonds is 5. The van der Waals surface area contributed by atoms with Gasteiger partial charge in [-0.05, 0) is 32.1 Å². The number of guanidine groups is 1. The van der Waals surface area contributed by atoms with Crippen LogP contribution in [0.15, 0.2) is 16.6 Å². The summed E-state index contributed by atoms with van der Waals surface area (Å²) < 4.78 is 0. The van der Waals surface area contributed by atoms with Gasteiger partial charge in [0, 0.05) is 26.6 Å². The van der Waals surface area contributed by atoms with Gasteiger partial charge in [-0.15, -0.1) is 12.3 Å². The van der Waals surface area contributed by atoms with Crippen LogP contribution in [0.2, 0.25) is 0 Å². The van der Waals surface area contributed by atoms with E-state index in [1.165, 1.54) is 25.7 Å². The molecule has 0 heterocycles. The third-order valence-corrected chi connectivity index (χ3v) is 2.91. The zero-order chi connectivity index (χ0) is 12.3. The van der Waals surface area contributed by atoms with Gasteiger partial charge < -0.3 is 10.6 Å². The Morgan fingerprint density at radius 2 is 2.24 bits per heavy atom. The van der Waals surface area contributed by atoms with E-state index in [1.54, 1.807) is 12.6 Å². The van der Waals surface area contributed by atoms with Crippen LogP contribution in [0.4, 0.5) is 0 Å². The lowest BCUT2D eigenvalue weighted by atomic mass is 9.97. The summed E-state index contributed by atoms with van der Waals surface area (Å²) >= 11 is 0. The van der Waals surface area contributed by atoms with Crippen LogP contribution in [-0.4, -0.2) is 26.1 Å². The van der Waals surface area contributed by atoms with Gasteiger partial charge in [0.2, 0.25) is 0 Å². The fraction of sp³-hybridized carbons (Fsp3) is 0.643. The lowest BCUT2D eigenvalue weighted by molar-refractivity contribution is 0.665. The molecule has 0 saturated heterocycles. The van der Waals surface area contributed by atoms with E-state index >= 15 is 0 Å². The van der Waals surface area contributed by atoms with Crippen molar-refractivity contribution in [1.82, 2.24) is 10.6 Å². The first-order valence-electron chi connectivity index (χ1n) is 6.42. The van der Waals surface area contributed by atoms with E-state index in [9.17, 15) is 0 Å². The van der Waals surface area contributed by atoms with E-state index in [2.05, 4.69) is 27.6 Å². The molecular formula is C14H23N3. The van der Waals surface area contributed by atoms with Crippen LogP contribution in [0.5, 0.6) is 0 Å². The maximum Gasteiger partial charge on any atom is 0.191 e. The molecule has 3 nitrogen and oxygen atoms in total. The molecule has 2 N–H and O–H groups in total. The highest BCUT2D eigenvalue weighted by atomic mass is 15.2. The number of allylic oxidation sites excluding steroid dienone is 1. The van der Waals surface area contributed by atoms with Gasteiger partial charge in [-0.3, -0.25) is 4.99 Å². The zero-order valence-electron chi connectivity index (χ0n) is 10.8. The van der Waals surface area contributed by atoms with Gasteiger partial charge in [0.25, 0.3) is 0 Å². The Morgan fingerprint density at radius 1 is 1.41 bits per heavy atom. The molecule has 0 aromatic heterocycles. The minimum atomic E-state index is 0.728. The van der Waals surface area contributed by atoms with Crippen LogP contribution in [0.3, 0.4) is 0 Å². The standard InChI is InChI=1S/C14H23N3/c1-3-4-11-16-14(15-2)17-12-10-13-8-6-5-7-9-13/h1,8H,4-7,9-12H2,2H3,(H2,15,16,17). The smallest absolute Gasteiger partial charge is 0.191 e. The van der Waals surface area contributed by atoms with Gasteiger partial charge in [0.05, 0.1) is 0 Å². The highest BCUT2D eigenvalue weighted by molar-refractivity contribution is 5.79. The van der Waals surface area contributed by atoms with E-state index in [-0.39, 0.29) is 0 Å². The third kappa shape index (κ3) is 6.01. The van der Waals surface area contributed by atoms with Gasteiger partial charge in [0.1, 0.15) is 0 Å². The van der Waals surface area contributed by atoms with Crippen molar-refractivity contribution in [1.29, 1.82) is 0 Å². The van der Waals surface area contributed by atoms with Crippen LogP contribution < -0.4 is 10.6 Å². The summed E-state index contributed by atoms with van der Waals surface area (Å²) in [5, 5.41) is 6.49. The lowest BCUT2D eigenvalue weighted by Gasteiger charge is -2.14. The van der Waals surface area contributed by atoms with E-state index in [0.717, 1.165) is 31.9 Å². The first-order chi connectivity index (χ1) is 8.36. The van der Waals surface area contributed by atoms with Crippen LogP contribution in [0, 0.1) is 12.3 Å². The molecule has 0 saturated carbocycles. The first-order valence-corrected chi connectivity index (χ1v) is 6.42. The lowest BCUT2D eigenvalue weighted by Crippen LogP contribution is -2.38. The molecule has 0 unspecified atom stereocenters.